The second-order valence-electron chi connectivity index (χ2n) is 6.56. The molecule has 1 aromatic heterocycles. The van der Waals surface area contributed by atoms with Gasteiger partial charge in [0, 0.05) is 36.5 Å². The fourth-order valence-corrected chi connectivity index (χ4v) is 3.39. The third kappa shape index (κ3) is 4.23. The van der Waals surface area contributed by atoms with E-state index in [1.165, 1.54) is 6.42 Å². The number of rotatable bonds is 5. The third-order valence-corrected chi connectivity index (χ3v) is 4.83. The summed E-state index contributed by atoms with van der Waals surface area (Å²) in [5, 5.41) is 16.9. The molecule has 1 amide bonds. The Kier molecular flexibility index (Phi) is 5.64. The minimum Gasteiger partial charge on any atom is -0.396 e. The molecule has 1 aromatic carbocycles. The van der Waals surface area contributed by atoms with Gasteiger partial charge in [-0.1, -0.05) is 31.4 Å². The predicted molar refractivity (Wildman–Crippen MR) is 92.7 cm³/mol. The van der Waals surface area contributed by atoms with Crippen molar-refractivity contribution >= 4 is 5.91 Å². The van der Waals surface area contributed by atoms with Gasteiger partial charge in [-0.3, -0.25) is 9.48 Å². The molecule has 0 spiro atoms. The van der Waals surface area contributed by atoms with Gasteiger partial charge in [-0.15, -0.1) is 0 Å². The number of amides is 1. The molecule has 1 aliphatic rings. The topological polar surface area (TPSA) is 67.2 Å². The lowest BCUT2D eigenvalue weighted by atomic mass is 9.95. The maximum Gasteiger partial charge on any atom is 0.251 e. The SMILES string of the molecule is O=C(NC1CCCCCC1CO)c1ccc(Cn2cccn2)cc1. The van der Waals surface area contributed by atoms with E-state index >= 15 is 0 Å². The highest BCUT2D eigenvalue weighted by molar-refractivity contribution is 5.94. The summed E-state index contributed by atoms with van der Waals surface area (Å²) in [7, 11) is 0. The highest BCUT2D eigenvalue weighted by atomic mass is 16.3. The smallest absolute Gasteiger partial charge is 0.251 e. The van der Waals surface area contributed by atoms with Crippen molar-refractivity contribution in [1.29, 1.82) is 0 Å². The first kappa shape index (κ1) is 16.7. The Morgan fingerprint density at radius 2 is 2.00 bits per heavy atom. The van der Waals surface area contributed by atoms with Crippen molar-refractivity contribution in [2.75, 3.05) is 6.61 Å². The van der Waals surface area contributed by atoms with E-state index in [4.69, 9.17) is 0 Å². The van der Waals surface area contributed by atoms with Crippen LogP contribution < -0.4 is 5.32 Å². The zero-order valence-electron chi connectivity index (χ0n) is 13.9. The van der Waals surface area contributed by atoms with Crippen molar-refractivity contribution in [3.05, 3.63) is 53.9 Å². The number of carbonyl (C=O) groups is 1. The van der Waals surface area contributed by atoms with Crippen molar-refractivity contribution < 1.29 is 9.90 Å². The van der Waals surface area contributed by atoms with E-state index in [1.54, 1.807) is 6.20 Å². The van der Waals surface area contributed by atoms with E-state index in [0.717, 1.165) is 31.2 Å². The van der Waals surface area contributed by atoms with Crippen LogP contribution in [0.2, 0.25) is 0 Å². The van der Waals surface area contributed by atoms with E-state index in [2.05, 4.69) is 10.4 Å². The lowest BCUT2D eigenvalue weighted by Crippen LogP contribution is -2.41. The normalized spacial score (nSPS) is 21.2. The molecule has 0 saturated heterocycles. The summed E-state index contributed by atoms with van der Waals surface area (Å²) in [4.78, 5) is 12.5. The quantitative estimate of drug-likeness (QED) is 0.830. The van der Waals surface area contributed by atoms with Crippen LogP contribution in [-0.4, -0.2) is 33.4 Å². The Morgan fingerprint density at radius 3 is 2.71 bits per heavy atom. The number of carbonyl (C=O) groups excluding carboxylic acids is 1. The molecule has 0 aliphatic heterocycles. The molecule has 2 atom stereocenters. The van der Waals surface area contributed by atoms with Crippen LogP contribution in [0.3, 0.4) is 0 Å². The van der Waals surface area contributed by atoms with E-state index in [0.29, 0.717) is 12.1 Å². The third-order valence-electron chi connectivity index (χ3n) is 4.83. The van der Waals surface area contributed by atoms with Crippen molar-refractivity contribution in [2.24, 2.45) is 5.92 Å². The second kappa shape index (κ2) is 8.11. The molecule has 3 rings (SSSR count). The van der Waals surface area contributed by atoms with Crippen LogP contribution in [0.15, 0.2) is 42.7 Å². The Morgan fingerprint density at radius 1 is 1.21 bits per heavy atom. The Balaban J connectivity index is 1.61. The predicted octanol–water partition coefficient (Wildman–Crippen LogP) is 2.60. The monoisotopic (exact) mass is 327 g/mol. The first-order valence-corrected chi connectivity index (χ1v) is 8.74. The highest BCUT2D eigenvalue weighted by Gasteiger charge is 2.24. The van der Waals surface area contributed by atoms with Gasteiger partial charge in [-0.25, -0.2) is 0 Å². The van der Waals surface area contributed by atoms with Crippen molar-refractivity contribution in [3.8, 4) is 0 Å². The van der Waals surface area contributed by atoms with Crippen LogP contribution >= 0.6 is 0 Å². The van der Waals surface area contributed by atoms with Gasteiger partial charge in [0.2, 0.25) is 0 Å². The number of aromatic nitrogens is 2. The van der Waals surface area contributed by atoms with Gasteiger partial charge < -0.3 is 10.4 Å². The van der Waals surface area contributed by atoms with E-state index in [-0.39, 0.29) is 24.5 Å². The number of nitrogens with zero attached hydrogens (tertiary/aromatic N) is 2. The standard InChI is InChI=1S/C19H25N3O2/c23-14-17-5-2-1-3-6-18(17)21-19(24)16-9-7-15(8-10-16)13-22-12-4-11-20-22/h4,7-12,17-18,23H,1-3,5-6,13-14H2,(H,21,24). The van der Waals surface area contributed by atoms with Gasteiger partial charge in [0.25, 0.3) is 5.91 Å². The lowest BCUT2D eigenvalue weighted by Gasteiger charge is -2.24. The summed E-state index contributed by atoms with van der Waals surface area (Å²) in [5.74, 6) is 0.126. The highest BCUT2D eigenvalue weighted by Crippen LogP contribution is 2.23. The van der Waals surface area contributed by atoms with Gasteiger partial charge in [0.15, 0.2) is 0 Å². The van der Waals surface area contributed by atoms with Crippen LogP contribution in [0.1, 0.15) is 48.0 Å². The van der Waals surface area contributed by atoms with Gasteiger partial charge in [0.05, 0.1) is 6.54 Å². The molecule has 1 heterocycles. The summed E-state index contributed by atoms with van der Waals surface area (Å²) in [6, 6.07) is 9.62. The molecular weight excluding hydrogens is 302 g/mol. The average Bonchev–Trinajstić information content (AvgIpc) is 3.00. The van der Waals surface area contributed by atoms with E-state index < -0.39 is 0 Å². The van der Waals surface area contributed by atoms with Crippen LogP contribution in [0, 0.1) is 5.92 Å². The van der Waals surface area contributed by atoms with E-state index in [1.807, 2.05) is 41.2 Å². The molecule has 1 fully saturated rings. The van der Waals surface area contributed by atoms with Crippen LogP contribution in [0.25, 0.3) is 0 Å². The molecule has 5 heteroatoms. The van der Waals surface area contributed by atoms with Gasteiger partial charge in [-0.05, 0) is 36.6 Å². The van der Waals surface area contributed by atoms with E-state index in [9.17, 15) is 9.90 Å². The van der Waals surface area contributed by atoms with Crippen LogP contribution in [-0.2, 0) is 6.54 Å². The summed E-state index contributed by atoms with van der Waals surface area (Å²) in [6.07, 6.45) is 9.06. The maximum atomic E-state index is 12.5. The molecular formula is C19H25N3O2. The molecule has 0 radical (unpaired) electrons. The van der Waals surface area contributed by atoms with Crippen molar-refractivity contribution in [1.82, 2.24) is 15.1 Å². The molecule has 24 heavy (non-hydrogen) atoms. The second-order valence-corrected chi connectivity index (χ2v) is 6.56. The minimum atomic E-state index is -0.0500. The number of hydrogen-bond donors (Lipinski definition) is 2. The van der Waals surface area contributed by atoms with Crippen LogP contribution in [0.4, 0.5) is 0 Å². The first-order chi connectivity index (χ1) is 11.8. The Bertz CT molecular complexity index is 637. The number of aliphatic hydroxyl groups is 1. The number of nitrogens with one attached hydrogen (secondary N) is 1. The zero-order valence-corrected chi connectivity index (χ0v) is 13.9. The average molecular weight is 327 g/mol. The molecule has 2 unspecified atom stereocenters. The fraction of sp³-hybridized carbons (Fsp3) is 0.474. The Labute approximate surface area is 142 Å². The van der Waals surface area contributed by atoms with Crippen molar-refractivity contribution in [3.63, 3.8) is 0 Å². The minimum absolute atomic E-state index is 0.0500. The summed E-state index contributed by atoms with van der Waals surface area (Å²) in [5.41, 5.74) is 1.78. The number of hydrogen-bond acceptors (Lipinski definition) is 3. The first-order valence-electron chi connectivity index (χ1n) is 8.74. The fourth-order valence-electron chi connectivity index (χ4n) is 3.39. The van der Waals surface area contributed by atoms with Gasteiger partial charge in [0.1, 0.15) is 0 Å². The van der Waals surface area contributed by atoms with Crippen molar-refractivity contribution in [2.45, 2.75) is 44.7 Å². The zero-order chi connectivity index (χ0) is 16.8. The molecule has 1 saturated carbocycles. The largest absolute Gasteiger partial charge is 0.396 e. The molecule has 5 nitrogen and oxygen atoms in total. The summed E-state index contributed by atoms with van der Waals surface area (Å²) >= 11 is 0. The van der Waals surface area contributed by atoms with Gasteiger partial charge >= 0.3 is 0 Å². The molecule has 128 valence electrons. The molecule has 1 aliphatic carbocycles. The summed E-state index contributed by atoms with van der Waals surface area (Å²) in [6.45, 7) is 0.845. The van der Waals surface area contributed by atoms with Gasteiger partial charge in [-0.2, -0.15) is 5.10 Å². The van der Waals surface area contributed by atoms with Crippen LogP contribution in [0.5, 0.6) is 0 Å². The molecule has 2 N–H and O–H groups in total. The molecule has 0 bridgehead atoms. The summed E-state index contributed by atoms with van der Waals surface area (Å²) < 4.78 is 1.85. The maximum absolute atomic E-state index is 12.5. The number of aliphatic hydroxyl groups excluding tert-OH is 1. The molecule has 2 aromatic rings. The lowest BCUT2D eigenvalue weighted by molar-refractivity contribution is 0.0899. The number of benzene rings is 1. The Hall–Kier alpha value is -2.14.